The van der Waals surface area contributed by atoms with Crippen molar-refractivity contribution in [1.29, 1.82) is 0 Å². The number of rotatable bonds is 3. The Balaban J connectivity index is 2.71. The Labute approximate surface area is 88.6 Å². The highest BCUT2D eigenvalue weighted by molar-refractivity contribution is 6.13. The molecule has 0 saturated heterocycles. The van der Waals surface area contributed by atoms with Crippen LogP contribution >= 0.6 is 0 Å². The van der Waals surface area contributed by atoms with E-state index in [0.29, 0.717) is 5.56 Å². The van der Waals surface area contributed by atoms with E-state index in [9.17, 15) is 4.79 Å². The van der Waals surface area contributed by atoms with Crippen LogP contribution in [0.15, 0.2) is 37.1 Å². The molecule has 0 amide bonds. The summed E-state index contributed by atoms with van der Waals surface area (Å²) in [5.41, 5.74) is 3.00. The molecule has 2 nitrogen and oxygen atoms in total. The van der Waals surface area contributed by atoms with Crippen molar-refractivity contribution < 1.29 is 4.79 Å². The Morgan fingerprint density at radius 3 is 3.00 bits per heavy atom. The molecule has 2 heteroatoms. The maximum Gasteiger partial charge on any atom is 0.187 e. The third kappa shape index (κ3) is 1.48. The van der Waals surface area contributed by atoms with Crippen LogP contribution in [0.3, 0.4) is 0 Å². The summed E-state index contributed by atoms with van der Waals surface area (Å²) in [6.07, 6.45) is 4.06. The minimum absolute atomic E-state index is 0.0329. The number of hydrogen-bond acceptors (Lipinski definition) is 1. The summed E-state index contributed by atoms with van der Waals surface area (Å²) in [6, 6.07) is 6.01. The van der Waals surface area contributed by atoms with Crippen molar-refractivity contribution in [2.75, 3.05) is 0 Å². The van der Waals surface area contributed by atoms with Crippen molar-refractivity contribution >= 4 is 16.7 Å². The quantitative estimate of drug-likeness (QED) is 0.598. The number of aromatic nitrogens is 1. The molecule has 0 spiro atoms. The van der Waals surface area contributed by atoms with Gasteiger partial charge in [-0.3, -0.25) is 4.79 Å². The van der Waals surface area contributed by atoms with E-state index in [1.54, 1.807) is 6.20 Å². The summed E-state index contributed by atoms with van der Waals surface area (Å²) in [6.45, 7) is 5.60. The number of hydrogen-bond donors (Lipinski definition) is 1. The lowest BCUT2D eigenvalue weighted by Crippen LogP contribution is -1.91. The van der Waals surface area contributed by atoms with E-state index in [4.69, 9.17) is 0 Å². The first-order valence-electron chi connectivity index (χ1n) is 5.03. The van der Waals surface area contributed by atoms with E-state index in [2.05, 4.69) is 24.6 Å². The van der Waals surface area contributed by atoms with Crippen molar-refractivity contribution in [2.45, 2.75) is 13.3 Å². The average Bonchev–Trinajstić information content (AvgIpc) is 2.71. The van der Waals surface area contributed by atoms with Gasteiger partial charge in [-0.2, -0.15) is 0 Å². The highest BCUT2D eigenvalue weighted by atomic mass is 16.1. The van der Waals surface area contributed by atoms with Crippen LogP contribution in [0.5, 0.6) is 0 Å². The molecule has 0 fully saturated rings. The van der Waals surface area contributed by atoms with E-state index in [1.165, 1.54) is 11.6 Å². The van der Waals surface area contributed by atoms with Crippen LogP contribution < -0.4 is 0 Å². The maximum atomic E-state index is 11.6. The standard InChI is InChI=1S/C13H13NO/c1-3-9-6-5-7-10-11(12(15)4-2)8-14-13(9)10/h4-8,14H,2-3H2,1H3. The lowest BCUT2D eigenvalue weighted by atomic mass is 10.1. The molecule has 1 aromatic carbocycles. The van der Waals surface area contributed by atoms with Crippen molar-refractivity contribution in [3.05, 3.63) is 48.2 Å². The molecule has 76 valence electrons. The number of H-pyrrole nitrogens is 1. The number of para-hydroxylation sites is 1. The van der Waals surface area contributed by atoms with Gasteiger partial charge in [0.2, 0.25) is 0 Å². The molecule has 0 radical (unpaired) electrons. The van der Waals surface area contributed by atoms with Gasteiger partial charge in [0.05, 0.1) is 0 Å². The summed E-state index contributed by atoms with van der Waals surface area (Å²) in [7, 11) is 0. The van der Waals surface area contributed by atoms with Crippen molar-refractivity contribution in [3.63, 3.8) is 0 Å². The number of ketones is 1. The largest absolute Gasteiger partial charge is 0.360 e. The van der Waals surface area contributed by atoms with Crippen LogP contribution in [0.4, 0.5) is 0 Å². The van der Waals surface area contributed by atoms with E-state index in [-0.39, 0.29) is 5.78 Å². The molecule has 0 aliphatic carbocycles. The molecular weight excluding hydrogens is 186 g/mol. The molecule has 0 saturated carbocycles. The normalized spacial score (nSPS) is 10.5. The second-order valence-electron chi connectivity index (χ2n) is 3.46. The van der Waals surface area contributed by atoms with Crippen LogP contribution in [0.2, 0.25) is 0 Å². The lowest BCUT2D eigenvalue weighted by molar-refractivity contribution is 0.104. The van der Waals surface area contributed by atoms with Crippen molar-refractivity contribution in [1.82, 2.24) is 4.98 Å². The minimum atomic E-state index is -0.0329. The monoisotopic (exact) mass is 199 g/mol. The highest BCUT2D eigenvalue weighted by Gasteiger charge is 2.10. The molecule has 1 N–H and O–H groups in total. The predicted octanol–water partition coefficient (Wildman–Crippen LogP) is 3.10. The third-order valence-electron chi connectivity index (χ3n) is 2.63. The molecule has 0 bridgehead atoms. The van der Waals surface area contributed by atoms with E-state index >= 15 is 0 Å². The highest BCUT2D eigenvalue weighted by Crippen LogP contribution is 2.22. The van der Waals surface area contributed by atoms with Crippen molar-refractivity contribution in [2.24, 2.45) is 0 Å². The number of aromatic amines is 1. The Hall–Kier alpha value is -1.83. The molecule has 0 atom stereocenters. The number of fused-ring (bicyclic) bond motifs is 1. The molecule has 2 rings (SSSR count). The molecule has 0 aliphatic heterocycles. The van der Waals surface area contributed by atoms with Crippen LogP contribution in [-0.4, -0.2) is 10.8 Å². The fraction of sp³-hybridized carbons (Fsp3) is 0.154. The van der Waals surface area contributed by atoms with Crippen LogP contribution in [0.1, 0.15) is 22.8 Å². The van der Waals surface area contributed by atoms with Crippen LogP contribution in [0.25, 0.3) is 10.9 Å². The van der Waals surface area contributed by atoms with Crippen molar-refractivity contribution in [3.8, 4) is 0 Å². The number of allylic oxidation sites excluding steroid dienone is 1. The number of benzene rings is 1. The molecule has 1 aromatic heterocycles. The van der Waals surface area contributed by atoms with Crippen LogP contribution in [0, 0.1) is 0 Å². The van der Waals surface area contributed by atoms with E-state index < -0.39 is 0 Å². The second kappa shape index (κ2) is 3.73. The zero-order valence-corrected chi connectivity index (χ0v) is 8.71. The molecular formula is C13H13NO. The van der Waals surface area contributed by atoms with E-state index in [1.807, 2.05) is 12.1 Å². The Kier molecular flexibility index (Phi) is 2.42. The van der Waals surface area contributed by atoms with Gasteiger partial charge in [0.1, 0.15) is 0 Å². The minimum Gasteiger partial charge on any atom is -0.360 e. The first-order chi connectivity index (χ1) is 7.27. The number of carbonyl (C=O) groups is 1. The first kappa shape index (κ1) is 9.71. The first-order valence-corrected chi connectivity index (χ1v) is 5.03. The summed E-state index contributed by atoms with van der Waals surface area (Å²) in [4.78, 5) is 14.7. The van der Waals surface area contributed by atoms with Gasteiger partial charge >= 0.3 is 0 Å². The molecule has 15 heavy (non-hydrogen) atoms. The van der Waals surface area contributed by atoms with Gasteiger partial charge in [0.25, 0.3) is 0 Å². The van der Waals surface area contributed by atoms with Gasteiger partial charge in [-0.15, -0.1) is 0 Å². The fourth-order valence-corrected chi connectivity index (χ4v) is 1.83. The number of carbonyl (C=O) groups excluding carboxylic acids is 1. The van der Waals surface area contributed by atoms with Crippen LogP contribution in [-0.2, 0) is 6.42 Å². The lowest BCUT2D eigenvalue weighted by Gasteiger charge is -1.99. The van der Waals surface area contributed by atoms with Gasteiger partial charge in [-0.1, -0.05) is 31.7 Å². The van der Waals surface area contributed by atoms with Gasteiger partial charge in [0.15, 0.2) is 5.78 Å². The molecule has 2 aromatic rings. The maximum absolute atomic E-state index is 11.6. The molecule has 0 unspecified atom stereocenters. The third-order valence-corrected chi connectivity index (χ3v) is 2.63. The Bertz CT molecular complexity index is 522. The topological polar surface area (TPSA) is 32.9 Å². The van der Waals surface area contributed by atoms with Gasteiger partial charge < -0.3 is 4.98 Å². The summed E-state index contributed by atoms with van der Waals surface area (Å²) < 4.78 is 0. The summed E-state index contributed by atoms with van der Waals surface area (Å²) in [5.74, 6) is -0.0329. The smallest absolute Gasteiger partial charge is 0.187 e. The molecule has 1 heterocycles. The molecule has 0 aliphatic rings. The second-order valence-corrected chi connectivity index (χ2v) is 3.46. The summed E-state index contributed by atoms with van der Waals surface area (Å²) in [5, 5.41) is 0.985. The SMILES string of the molecule is C=CC(=O)c1c[nH]c2c(CC)cccc12. The van der Waals surface area contributed by atoms with Gasteiger partial charge in [0, 0.05) is 22.7 Å². The number of nitrogens with one attached hydrogen (secondary N) is 1. The Morgan fingerprint density at radius 1 is 1.53 bits per heavy atom. The fourth-order valence-electron chi connectivity index (χ4n) is 1.83. The Morgan fingerprint density at radius 2 is 2.33 bits per heavy atom. The zero-order valence-electron chi connectivity index (χ0n) is 8.71. The zero-order chi connectivity index (χ0) is 10.8. The van der Waals surface area contributed by atoms with Gasteiger partial charge in [-0.05, 0) is 18.1 Å². The number of aryl methyl sites for hydroxylation is 1. The van der Waals surface area contributed by atoms with E-state index in [0.717, 1.165) is 17.3 Å². The van der Waals surface area contributed by atoms with Gasteiger partial charge in [-0.25, -0.2) is 0 Å². The average molecular weight is 199 g/mol. The predicted molar refractivity (Wildman–Crippen MR) is 62.2 cm³/mol. The summed E-state index contributed by atoms with van der Waals surface area (Å²) >= 11 is 0.